The Morgan fingerprint density at radius 3 is 2.60 bits per heavy atom. The molecule has 1 aromatic carbocycles. The van der Waals surface area contributed by atoms with Crippen LogP contribution in [0.2, 0.25) is 0 Å². The van der Waals surface area contributed by atoms with Crippen molar-refractivity contribution in [3.05, 3.63) is 29.8 Å². The lowest BCUT2D eigenvalue weighted by Crippen LogP contribution is -2.35. The van der Waals surface area contributed by atoms with Crippen molar-refractivity contribution in [1.82, 2.24) is 15.1 Å². The molecule has 25 heavy (non-hydrogen) atoms. The summed E-state index contributed by atoms with van der Waals surface area (Å²) in [5.74, 6) is 2.41. The molecule has 3 rings (SSSR count). The summed E-state index contributed by atoms with van der Waals surface area (Å²) in [5, 5.41) is 2.98. The molecule has 0 saturated carbocycles. The second-order valence-corrected chi connectivity index (χ2v) is 7.81. The van der Waals surface area contributed by atoms with Crippen molar-refractivity contribution in [3.63, 3.8) is 0 Å². The summed E-state index contributed by atoms with van der Waals surface area (Å²) < 4.78 is 5.28. The first-order chi connectivity index (χ1) is 12.0. The van der Waals surface area contributed by atoms with E-state index in [-0.39, 0.29) is 11.9 Å². The fourth-order valence-corrected chi connectivity index (χ4v) is 4.49. The van der Waals surface area contributed by atoms with Crippen molar-refractivity contribution in [2.75, 3.05) is 40.3 Å². The van der Waals surface area contributed by atoms with Crippen LogP contribution in [0.5, 0.6) is 5.75 Å². The summed E-state index contributed by atoms with van der Waals surface area (Å²) in [6.07, 6.45) is 0.598. The predicted octanol–water partition coefficient (Wildman–Crippen LogP) is 2.14. The van der Waals surface area contributed by atoms with Gasteiger partial charge in [-0.1, -0.05) is 12.1 Å². The number of likely N-dealkylation sites (tertiary alicyclic amines) is 2. The Morgan fingerprint density at radius 1 is 1.24 bits per heavy atom. The Bertz CT molecular complexity index is 587. The fraction of sp³-hybridized carbons (Fsp3) is 0.650. The maximum Gasteiger partial charge on any atom is 0.221 e. The normalized spacial score (nSPS) is 26.8. The highest BCUT2D eigenvalue weighted by molar-refractivity contribution is 5.76. The smallest absolute Gasteiger partial charge is 0.221 e. The van der Waals surface area contributed by atoms with Gasteiger partial charge in [0.2, 0.25) is 5.91 Å². The maximum atomic E-state index is 11.9. The number of carbonyl (C=O) groups is 1. The number of carbonyl (C=O) groups excluding carboxylic acids is 1. The first-order valence-electron chi connectivity index (χ1n) is 9.34. The Kier molecular flexibility index (Phi) is 5.64. The highest BCUT2D eigenvalue weighted by Gasteiger charge is 2.45. The highest BCUT2D eigenvalue weighted by atomic mass is 16.5. The summed E-state index contributed by atoms with van der Waals surface area (Å²) in [7, 11) is 3.94. The SMILES string of the molecule is COc1ccc([C@@H]2[C@@H]3CN(CCC(=O)NC(C)C)C[C@@H]3CN2C)cc1. The number of nitrogens with zero attached hydrogens (tertiary/aromatic N) is 2. The molecule has 1 N–H and O–H groups in total. The molecule has 5 heteroatoms. The minimum atomic E-state index is 0.163. The minimum Gasteiger partial charge on any atom is -0.497 e. The van der Waals surface area contributed by atoms with Gasteiger partial charge in [0.1, 0.15) is 5.75 Å². The van der Waals surface area contributed by atoms with E-state index in [1.54, 1.807) is 7.11 Å². The van der Waals surface area contributed by atoms with E-state index in [1.165, 1.54) is 5.56 Å². The van der Waals surface area contributed by atoms with Gasteiger partial charge in [-0.05, 0) is 50.4 Å². The molecule has 2 fully saturated rings. The number of ether oxygens (including phenoxy) is 1. The summed E-state index contributed by atoms with van der Waals surface area (Å²) in [6.45, 7) is 8.21. The molecule has 0 spiro atoms. The lowest BCUT2D eigenvalue weighted by Gasteiger charge is -2.27. The first-order valence-corrected chi connectivity index (χ1v) is 9.34. The van der Waals surface area contributed by atoms with Crippen molar-refractivity contribution in [2.24, 2.45) is 11.8 Å². The second kappa shape index (κ2) is 7.75. The molecule has 0 aliphatic carbocycles. The molecule has 0 bridgehead atoms. The number of hydrogen-bond acceptors (Lipinski definition) is 4. The lowest BCUT2D eigenvalue weighted by molar-refractivity contribution is -0.121. The summed E-state index contributed by atoms with van der Waals surface area (Å²) in [5.41, 5.74) is 1.37. The van der Waals surface area contributed by atoms with E-state index in [9.17, 15) is 4.79 Å². The van der Waals surface area contributed by atoms with Crippen molar-refractivity contribution < 1.29 is 9.53 Å². The average molecular weight is 345 g/mol. The molecular weight excluding hydrogens is 314 g/mol. The third kappa shape index (κ3) is 4.15. The van der Waals surface area contributed by atoms with Crippen LogP contribution < -0.4 is 10.1 Å². The number of amides is 1. The van der Waals surface area contributed by atoms with Gasteiger partial charge in [-0.3, -0.25) is 9.69 Å². The third-order valence-electron chi connectivity index (χ3n) is 5.53. The quantitative estimate of drug-likeness (QED) is 0.858. The van der Waals surface area contributed by atoms with Gasteiger partial charge in [-0.25, -0.2) is 0 Å². The molecule has 5 nitrogen and oxygen atoms in total. The predicted molar refractivity (Wildman–Crippen MR) is 99.7 cm³/mol. The summed E-state index contributed by atoms with van der Waals surface area (Å²) >= 11 is 0. The molecule has 0 unspecified atom stereocenters. The van der Waals surface area contributed by atoms with Crippen LogP contribution in [0.15, 0.2) is 24.3 Å². The van der Waals surface area contributed by atoms with Gasteiger partial charge in [0.15, 0.2) is 0 Å². The molecule has 2 saturated heterocycles. The largest absolute Gasteiger partial charge is 0.497 e. The van der Waals surface area contributed by atoms with Gasteiger partial charge >= 0.3 is 0 Å². The average Bonchev–Trinajstić information content (AvgIpc) is 3.08. The molecule has 0 aromatic heterocycles. The Morgan fingerprint density at radius 2 is 1.96 bits per heavy atom. The second-order valence-electron chi connectivity index (χ2n) is 7.81. The van der Waals surface area contributed by atoms with Crippen molar-refractivity contribution in [1.29, 1.82) is 0 Å². The van der Waals surface area contributed by atoms with Gasteiger partial charge in [0, 0.05) is 44.7 Å². The minimum absolute atomic E-state index is 0.163. The van der Waals surface area contributed by atoms with Crippen LogP contribution in [0.3, 0.4) is 0 Å². The highest BCUT2D eigenvalue weighted by Crippen LogP contribution is 2.44. The standard InChI is InChI=1S/C20H31N3O2/c1-14(2)21-19(24)9-10-23-12-16-11-22(3)20(18(16)13-23)15-5-7-17(25-4)8-6-15/h5-8,14,16,18,20H,9-13H2,1-4H3,(H,21,24)/t16-,18+,20+/m0/s1. The molecule has 2 aliphatic rings. The van der Waals surface area contributed by atoms with Gasteiger partial charge in [0.25, 0.3) is 0 Å². The fourth-order valence-electron chi connectivity index (χ4n) is 4.49. The van der Waals surface area contributed by atoms with E-state index in [0.29, 0.717) is 24.3 Å². The molecule has 2 aliphatic heterocycles. The Hall–Kier alpha value is -1.59. The number of methoxy groups -OCH3 is 1. The number of fused-ring (bicyclic) bond motifs is 1. The lowest BCUT2D eigenvalue weighted by atomic mass is 9.89. The van der Waals surface area contributed by atoms with Crippen LogP contribution in [-0.2, 0) is 4.79 Å². The molecule has 3 atom stereocenters. The van der Waals surface area contributed by atoms with Crippen LogP contribution in [0.25, 0.3) is 0 Å². The van der Waals surface area contributed by atoms with Crippen LogP contribution in [-0.4, -0.2) is 62.1 Å². The van der Waals surface area contributed by atoms with Gasteiger partial charge in [-0.2, -0.15) is 0 Å². The number of nitrogens with one attached hydrogen (secondary N) is 1. The topological polar surface area (TPSA) is 44.8 Å². The van der Waals surface area contributed by atoms with E-state index in [4.69, 9.17) is 4.74 Å². The number of rotatable bonds is 6. The Labute approximate surface area is 151 Å². The summed E-state index contributed by atoms with van der Waals surface area (Å²) in [4.78, 5) is 16.9. The van der Waals surface area contributed by atoms with Crippen molar-refractivity contribution >= 4 is 5.91 Å². The molecule has 1 amide bonds. The Balaban J connectivity index is 1.59. The van der Waals surface area contributed by atoms with E-state index in [1.807, 2.05) is 13.8 Å². The van der Waals surface area contributed by atoms with Gasteiger partial charge < -0.3 is 15.0 Å². The zero-order valence-electron chi connectivity index (χ0n) is 15.9. The van der Waals surface area contributed by atoms with E-state index < -0.39 is 0 Å². The maximum absolute atomic E-state index is 11.9. The molecular formula is C20H31N3O2. The number of hydrogen-bond donors (Lipinski definition) is 1. The van der Waals surface area contributed by atoms with E-state index in [0.717, 1.165) is 31.9 Å². The molecule has 1 aromatic rings. The van der Waals surface area contributed by atoms with Crippen molar-refractivity contribution in [2.45, 2.75) is 32.4 Å². The number of benzene rings is 1. The van der Waals surface area contributed by atoms with Crippen LogP contribution >= 0.6 is 0 Å². The molecule has 2 heterocycles. The van der Waals surface area contributed by atoms with Crippen LogP contribution in [0, 0.1) is 11.8 Å². The van der Waals surface area contributed by atoms with Crippen LogP contribution in [0.1, 0.15) is 31.9 Å². The zero-order chi connectivity index (χ0) is 18.0. The zero-order valence-corrected chi connectivity index (χ0v) is 15.9. The monoisotopic (exact) mass is 345 g/mol. The molecule has 138 valence electrons. The first kappa shape index (κ1) is 18.2. The van der Waals surface area contributed by atoms with Gasteiger partial charge in [0.05, 0.1) is 7.11 Å². The third-order valence-corrected chi connectivity index (χ3v) is 5.53. The van der Waals surface area contributed by atoms with E-state index in [2.05, 4.69) is 46.4 Å². The van der Waals surface area contributed by atoms with Crippen LogP contribution in [0.4, 0.5) is 0 Å². The summed E-state index contributed by atoms with van der Waals surface area (Å²) in [6, 6.07) is 9.19. The van der Waals surface area contributed by atoms with E-state index >= 15 is 0 Å². The van der Waals surface area contributed by atoms with Crippen molar-refractivity contribution in [3.8, 4) is 5.75 Å². The van der Waals surface area contributed by atoms with Gasteiger partial charge in [-0.15, -0.1) is 0 Å². The molecule has 0 radical (unpaired) electrons.